The molecule has 1 aromatic heterocycles. The number of carbonyl (C=O) groups is 1. The normalized spacial score (nSPS) is 23.5. The number of aromatic nitrogens is 1. The van der Waals surface area contributed by atoms with E-state index >= 15 is 8.78 Å². The lowest BCUT2D eigenvalue weighted by Crippen LogP contribution is -2.45. The van der Waals surface area contributed by atoms with Crippen molar-refractivity contribution in [3.8, 4) is 6.07 Å². The van der Waals surface area contributed by atoms with Crippen LogP contribution in [0.3, 0.4) is 0 Å². The molecule has 2 N–H and O–H groups in total. The molecule has 1 amide bonds. The number of pyridine rings is 1. The SMILES string of the molecule is CC(C)(C)CC1NC(C(=O)Nc2ccccn2)C(c2cccc(Cl)c2F)C1(C#N)c1ccc(Cl)cc1F. The average molecular weight is 543 g/mol. The summed E-state index contributed by atoms with van der Waals surface area (Å²) in [6, 6.07) is 14.0. The van der Waals surface area contributed by atoms with E-state index in [9.17, 15) is 10.1 Å². The van der Waals surface area contributed by atoms with E-state index < -0.39 is 41.0 Å². The average Bonchev–Trinajstić information content (AvgIpc) is 3.14. The van der Waals surface area contributed by atoms with Crippen LogP contribution < -0.4 is 10.6 Å². The smallest absolute Gasteiger partial charge is 0.243 e. The van der Waals surface area contributed by atoms with Crippen molar-refractivity contribution in [1.82, 2.24) is 10.3 Å². The third-order valence-corrected chi connectivity index (χ3v) is 7.17. The Labute approximate surface area is 224 Å². The molecule has 4 unspecified atom stereocenters. The monoisotopic (exact) mass is 542 g/mol. The maximum Gasteiger partial charge on any atom is 0.243 e. The van der Waals surface area contributed by atoms with Crippen molar-refractivity contribution in [3.63, 3.8) is 0 Å². The van der Waals surface area contributed by atoms with Crippen LogP contribution in [-0.4, -0.2) is 23.0 Å². The molecule has 0 aliphatic carbocycles. The van der Waals surface area contributed by atoms with Crippen LogP contribution in [0, 0.1) is 28.4 Å². The summed E-state index contributed by atoms with van der Waals surface area (Å²) in [5.41, 5.74) is -1.95. The molecule has 0 radical (unpaired) electrons. The summed E-state index contributed by atoms with van der Waals surface area (Å²) < 4.78 is 31.2. The predicted molar refractivity (Wildman–Crippen MR) is 141 cm³/mol. The maximum absolute atomic E-state index is 15.6. The maximum atomic E-state index is 15.6. The minimum absolute atomic E-state index is 0.0265. The molecule has 1 aliphatic rings. The van der Waals surface area contributed by atoms with E-state index in [1.54, 1.807) is 24.3 Å². The molecule has 1 aliphatic heterocycles. The number of rotatable bonds is 5. The van der Waals surface area contributed by atoms with Crippen LogP contribution in [0.25, 0.3) is 0 Å². The quantitative estimate of drug-likeness (QED) is 0.379. The van der Waals surface area contributed by atoms with Crippen molar-refractivity contribution in [1.29, 1.82) is 5.26 Å². The van der Waals surface area contributed by atoms with E-state index in [4.69, 9.17) is 23.2 Å². The van der Waals surface area contributed by atoms with Crippen molar-refractivity contribution in [2.75, 3.05) is 5.32 Å². The second-order valence-electron chi connectivity index (χ2n) is 10.4. The Morgan fingerprint density at radius 1 is 1.16 bits per heavy atom. The summed E-state index contributed by atoms with van der Waals surface area (Å²) in [4.78, 5) is 17.8. The Morgan fingerprint density at radius 3 is 2.54 bits per heavy atom. The Morgan fingerprint density at radius 2 is 1.92 bits per heavy atom. The van der Waals surface area contributed by atoms with Crippen LogP contribution >= 0.6 is 23.2 Å². The molecular weight excluding hydrogens is 517 g/mol. The van der Waals surface area contributed by atoms with Crippen LogP contribution in [0.5, 0.6) is 0 Å². The molecule has 1 saturated heterocycles. The first kappa shape index (κ1) is 27.0. The first-order valence-corrected chi connectivity index (χ1v) is 12.5. The second kappa shape index (κ2) is 10.4. The fraction of sp³-hybridized carbons (Fsp3) is 0.321. The standard InChI is InChI=1S/C28H26Cl2F2N4O/c1-27(2,3)14-21-28(15-33,18-11-10-16(29)13-20(18)31)23(17-7-6-8-19(30)24(17)32)25(35-21)26(37)36-22-9-4-5-12-34-22/h4-13,21,23,25,35H,14H2,1-3H3,(H,34,36,37). The lowest BCUT2D eigenvalue weighted by atomic mass is 9.62. The zero-order valence-corrected chi connectivity index (χ0v) is 22.0. The second-order valence-corrected chi connectivity index (χ2v) is 11.2. The Bertz CT molecular complexity index is 1360. The molecule has 5 nitrogen and oxygen atoms in total. The molecule has 4 rings (SSSR count). The van der Waals surface area contributed by atoms with E-state index in [0.29, 0.717) is 12.2 Å². The lowest BCUT2D eigenvalue weighted by molar-refractivity contribution is -0.118. The summed E-state index contributed by atoms with van der Waals surface area (Å²) in [6.07, 6.45) is 1.91. The number of hydrogen-bond donors (Lipinski definition) is 2. The van der Waals surface area contributed by atoms with Gasteiger partial charge in [0, 0.05) is 28.7 Å². The zero-order valence-electron chi connectivity index (χ0n) is 20.5. The van der Waals surface area contributed by atoms with Gasteiger partial charge in [0.15, 0.2) is 0 Å². The van der Waals surface area contributed by atoms with E-state index in [-0.39, 0.29) is 26.6 Å². The topological polar surface area (TPSA) is 77.8 Å². The van der Waals surface area contributed by atoms with E-state index in [2.05, 4.69) is 21.7 Å². The Balaban J connectivity index is 1.98. The van der Waals surface area contributed by atoms with Gasteiger partial charge in [-0.2, -0.15) is 5.26 Å². The molecular formula is C28H26Cl2F2N4O. The molecule has 192 valence electrons. The molecule has 37 heavy (non-hydrogen) atoms. The van der Waals surface area contributed by atoms with Gasteiger partial charge < -0.3 is 10.6 Å². The van der Waals surface area contributed by atoms with Crippen LogP contribution in [0.2, 0.25) is 10.0 Å². The molecule has 0 bridgehead atoms. The summed E-state index contributed by atoms with van der Waals surface area (Å²) in [6.45, 7) is 5.93. The summed E-state index contributed by atoms with van der Waals surface area (Å²) in [7, 11) is 0. The number of nitrogens with one attached hydrogen (secondary N) is 2. The van der Waals surface area contributed by atoms with Crippen LogP contribution in [0.4, 0.5) is 14.6 Å². The molecule has 0 saturated carbocycles. The summed E-state index contributed by atoms with van der Waals surface area (Å²) in [5, 5.41) is 16.8. The van der Waals surface area contributed by atoms with Gasteiger partial charge >= 0.3 is 0 Å². The van der Waals surface area contributed by atoms with Gasteiger partial charge in [-0.25, -0.2) is 13.8 Å². The van der Waals surface area contributed by atoms with Crippen LogP contribution in [0.15, 0.2) is 60.8 Å². The van der Waals surface area contributed by atoms with Crippen molar-refractivity contribution in [3.05, 3.63) is 93.6 Å². The first-order chi connectivity index (χ1) is 17.5. The number of nitrogens with zero attached hydrogens (tertiary/aromatic N) is 2. The van der Waals surface area contributed by atoms with Gasteiger partial charge in [0.1, 0.15) is 22.9 Å². The van der Waals surface area contributed by atoms with E-state index in [1.807, 2.05) is 20.8 Å². The van der Waals surface area contributed by atoms with Gasteiger partial charge in [-0.3, -0.25) is 4.79 Å². The van der Waals surface area contributed by atoms with E-state index in [0.717, 1.165) is 6.07 Å². The number of carbonyl (C=O) groups excluding carboxylic acids is 1. The molecule has 3 aromatic rings. The number of halogens is 4. The molecule has 1 fully saturated rings. The summed E-state index contributed by atoms with van der Waals surface area (Å²) in [5.74, 6) is -2.86. The number of nitriles is 1. The fourth-order valence-electron chi connectivity index (χ4n) is 5.20. The highest BCUT2D eigenvalue weighted by molar-refractivity contribution is 6.31. The zero-order chi connectivity index (χ0) is 27.0. The third kappa shape index (κ3) is 5.19. The molecule has 4 atom stereocenters. The molecule has 2 heterocycles. The van der Waals surface area contributed by atoms with Gasteiger partial charge in [0.2, 0.25) is 5.91 Å². The highest BCUT2D eigenvalue weighted by Crippen LogP contribution is 2.52. The Kier molecular flexibility index (Phi) is 7.57. The van der Waals surface area contributed by atoms with Crippen LogP contribution in [0.1, 0.15) is 44.2 Å². The minimum atomic E-state index is -1.68. The van der Waals surface area contributed by atoms with E-state index in [1.165, 1.54) is 30.5 Å². The van der Waals surface area contributed by atoms with Crippen molar-refractivity contribution < 1.29 is 13.6 Å². The highest BCUT2D eigenvalue weighted by Gasteiger charge is 2.61. The van der Waals surface area contributed by atoms with Gasteiger partial charge in [-0.05, 0) is 47.7 Å². The third-order valence-electron chi connectivity index (χ3n) is 6.65. The van der Waals surface area contributed by atoms with Gasteiger partial charge in [0.05, 0.1) is 17.1 Å². The summed E-state index contributed by atoms with van der Waals surface area (Å²) >= 11 is 12.2. The Hall–Kier alpha value is -3.05. The number of hydrogen-bond acceptors (Lipinski definition) is 4. The van der Waals surface area contributed by atoms with Gasteiger partial charge in [-0.1, -0.05) is 68.2 Å². The number of amides is 1. The minimum Gasteiger partial charge on any atom is -0.309 e. The lowest BCUT2D eigenvalue weighted by Gasteiger charge is -2.37. The molecule has 0 spiro atoms. The van der Waals surface area contributed by atoms with Crippen LogP contribution in [-0.2, 0) is 10.2 Å². The van der Waals surface area contributed by atoms with Gasteiger partial charge in [0.25, 0.3) is 0 Å². The van der Waals surface area contributed by atoms with Crippen molar-refractivity contribution >= 4 is 34.9 Å². The largest absolute Gasteiger partial charge is 0.309 e. The molecule has 9 heteroatoms. The van der Waals surface area contributed by atoms with Crippen molar-refractivity contribution in [2.45, 2.75) is 50.6 Å². The number of anilines is 1. The van der Waals surface area contributed by atoms with Gasteiger partial charge in [-0.15, -0.1) is 0 Å². The molecule has 2 aromatic carbocycles. The fourth-order valence-corrected chi connectivity index (χ4v) is 5.54. The van der Waals surface area contributed by atoms with Crippen molar-refractivity contribution in [2.24, 2.45) is 5.41 Å². The number of benzene rings is 2. The predicted octanol–water partition coefficient (Wildman–Crippen LogP) is 6.63. The first-order valence-electron chi connectivity index (χ1n) is 11.8. The highest BCUT2D eigenvalue weighted by atomic mass is 35.5.